The molecule has 0 fully saturated rings. The van der Waals surface area contributed by atoms with Crippen LogP contribution in [0.1, 0.15) is 47.1 Å². The fraction of sp³-hybridized carbons (Fsp3) is 0.471. The molecule has 2 nitrogen and oxygen atoms in total. The lowest BCUT2D eigenvalue weighted by molar-refractivity contribution is 0.590. The molecule has 0 aliphatic heterocycles. The normalized spacial score (nSPS) is 12.5. The first kappa shape index (κ1) is 15.0. The summed E-state index contributed by atoms with van der Waals surface area (Å²) in [6.45, 7) is 13.1. The molecule has 1 N–H and O–H groups in total. The Labute approximate surface area is 126 Å². The van der Waals surface area contributed by atoms with Crippen molar-refractivity contribution in [2.45, 2.75) is 52.5 Å². The molecular formula is C17H24N2S. The lowest BCUT2D eigenvalue weighted by atomic mass is 9.86. The number of aromatic nitrogens is 1. The van der Waals surface area contributed by atoms with Crippen molar-refractivity contribution >= 4 is 16.5 Å². The molecule has 0 spiro atoms. The molecule has 20 heavy (non-hydrogen) atoms. The maximum Gasteiger partial charge on any atom is 0.183 e. The van der Waals surface area contributed by atoms with Crippen LogP contribution in [0.4, 0.5) is 5.13 Å². The second-order valence-electron chi connectivity index (χ2n) is 7.24. The van der Waals surface area contributed by atoms with Gasteiger partial charge in [-0.3, -0.25) is 0 Å². The van der Waals surface area contributed by atoms with E-state index in [9.17, 15) is 0 Å². The molecule has 0 aliphatic rings. The van der Waals surface area contributed by atoms with E-state index < -0.39 is 0 Å². The summed E-state index contributed by atoms with van der Waals surface area (Å²) in [4.78, 5) is 4.67. The standard InChI is InChI=1S/C17H24N2S/c1-16(2,3)13-9-7-12(8-10-13)14-11-20-15(18-14)19-17(4,5)6/h7-11H,1-6H3,(H,18,19). The van der Waals surface area contributed by atoms with Crippen LogP contribution in [0.15, 0.2) is 29.6 Å². The topological polar surface area (TPSA) is 24.9 Å². The zero-order valence-electron chi connectivity index (χ0n) is 13.2. The lowest BCUT2D eigenvalue weighted by Gasteiger charge is -2.19. The van der Waals surface area contributed by atoms with Crippen LogP contribution >= 0.6 is 11.3 Å². The van der Waals surface area contributed by atoms with E-state index in [1.807, 2.05) is 0 Å². The Hall–Kier alpha value is -1.35. The first-order valence-electron chi connectivity index (χ1n) is 7.00. The Bertz CT molecular complexity index is 568. The van der Waals surface area contributed by atoms with Gasteiger partial charge in [-0.05, 0) is 31.7 Å². The van der Waals surface area contributed by atoms with Gasteiger partial charge in [-0.25, -0.2) is 4.98 Å². The summed E-state index contributed by atoms with van der Waals surface area (Å²) in [6.07, 6.45) is 0. The van der Waals surface area contributed by atoms with E-state index in [4.69, 9.17) is 0 Å². The molecular weight excluding hydrogens is 264 g/mol. The van der Waals surface area contributed by atoms with Crippen molar-refractivity contribution in [3.8, 4) is 11.3 Å². The maximum atomic E-state index is 4.67. The van der Waals surface area contributed by atoms with E-state index in [2.05, 4.69) is 81.5 Å². The maximum absolute atomic E-state index is 4.67. The first-order chi connectivity index (χ1) is 9.15. The van der Waals surface area contributed by atoms with Crippen LogP contribution in [0.5, 0.6) is 0 Å². The SMILES string of the molecule is CC(C)(C)Nc1nc(-c2ccc(C(C)(C)C)cc2)cs1. The second-order valence-corrected chi connectivity index (χ2v) is 8.10. The van der Waals surface area contributed by atoms with E-state index in [0.29, 0.717) is 0 Å². The molecule has 1 heterocycles. The molecule has 2 aromatic rings. The highest BCUT2D eigenvalue weighted by Crippen LogP contribution is 2.29. The summed E-state index contributed by atoms with van der Waals surface area (Å²) in [6, 6.07) is 8.73. The van der Waals surface area contributed by atoms with E-state index in [1.54, 1.807) is 11.3 Å². The molecule has 0 aliphatic carbocycles. The van der Waals surface area contributed by atoms with E-state index in [1.165, 1.54) is 11.1 Å². The lowest BCUT2D eigenvalue weighted by Crippen LogP contribution is -2.25. The monoisotopic (exact) mass is 288 g/mol. The average molecular weight is 288 g/mol. The van der Waals surface area contributed by atoms with Crippen LogP contribution in [-0.4, -0.2) is 10.5 Å². The van der Waals surface area contributed by atoms with E-state index >= 15 is 0 Å². The predicted octanol–water partition coefficient (Wildman–Crippen LogP) is 5.32. The molecule has 0 amide bonds. The third-order valence-corrected chi connectivity index (χ3v) is 3.79. The third kappa shape index (κ3) is 3.83. The predicted molar refractivity (Wildman–Crippen MR) is 89.6 cm³/mol. The summed E-state index contributed by atoms with van der Waals surface area (Å²) in [5.74, 6) is 0. The van der Waals surface area contributed by atoms with Crippen LogP contribution in [-0.2, 0) is 5.41 Å². The fourth-order valence-electron chi connectivity index (χ4n) is 1.93. The molecule has 0 unspecified atom stereocenters. The molecule has 0 atom stereocenters. The van der Waals surface area contributed by atoms with Crippen LogP contribution < -0.4 is 5.32 Å². The van der Waals surface area contributed by atoms with Crippen LogP contribution in [0.3, 0.4) is 0 Å². The van der Waals surface area contributed by atoms with Gasteiger partial charge in [0.15, 0.2) is 5.13 Å². The molecule has 1 aromatic heterocycles. The zero-order chi connectivity index (χ0) is 15.0. The van der Waals surface area contributed by atoms with Crippen LogP contribution in [0.25, 0.3) is 11.3 Å². The van der Waals surface area contributed by atoms with Crippen molar-refractivity contribution in [1.29, 1.82) is 0 Å². The van der Waals surface area contributed by atoms with Gasteiger partial charge in [-0.1, -0.05) is 45.0 Å². The molecule has 108 valence electrons. The van der Waals surface area contributed by atoms with Crippen LogP contribution in [0.2, 0.25) is 0 Å². The minimum atomic E-state index is 0.0468. The number of hydrogen-bond donors (Lipinski definition) is 1. The fourth-order valence-corrected chi connectivity index (χ4v) is 2.85. The van der Waals surface area contributed by atoms with Gasteiger partial charge in [-0.15, -0.1) is 11.3 Å². The number of benzene rings is 1. The highest BCUT2D eigenvalue weighted by Gasteiger charge is 2.15. The van der Waals surface area contributed by atoms with Crippen molar-refractivity contribution < 1.29 is 0 Å². The minimum absolute atomic E-state index is 0.0468. The highest BCUT2D eigenvalue weighted by molar-refractivity contribution is 7.14. The quantitative estimate of drug-likeness (QED) is 0.809. The average Bonchev–Trinajstić information content (AvgIpc) is 2.74. The summed E-state index contributed by atoms with van der Waals surface area (Å²) in [5, 5.41) is 6.50. The van der Waals surface area contributed by atoms with Gasteiger partial charge in [-0.2, -0.15) is 0 Å². The Balaban J connectivity index is 2.20. The minimum Gasteiger partial charge on any atom is -0.357 e. The summed E-state index contributed by atoms with van der Waals surface area (Å²) < 4.78 is 0. The molecule has 3 heteroatoms. The Kier molecular flexibility index (Phi) is 3.92. The molecule has 1 aromatic carbocycles. The first-order valence-corrected chi connectivity index (χ1v) is 7.88. The van der Waals surface area contributed by atoms with Gasteiger partial charge < -0.3 is 5.32 Å². The van der Waals surface area contributed by atoms with Crippen molar-refractivity contribution in [1.82, 2.24) is 4.98 Å². The molecule has 0 radical (unpaired) electrons. The smallest absolute Gasteiger partial charge is 0.183 e. The van der Waals surface area contributed by atoms with Crippen molar-refractivity contribution in [2.75, 3.05) is 5.32 Å². The second kappa shape index (κ2) is 5.21. The van der Waals surface area contributed by atoms with Crippen LogP contribution in [0, 0.1) is 0 Å². The van der Waals surface area contributed by atoms with Gasteiger partial charge in [0.05, 0.1) is 5.69 Å². The Morgan fingerprint density at radius 3 is 2.05 bits per heavy atom. The molecule has 2 rings (SSSR count). The zero-order valence-corrected chi connectivity index (χ0v) is 14.1. The number of rotatable bonds is 2. The Morgan fingerprint density at radius 2 is 1.55 bits per heavy atom. The van der Waals surface area contributed by atoms with Gasteiger partial charge >= 0.3 is 0 Å². The third-order valence-electron chi connectivity index (χ3n) is 3.03. The summed E-state index contributed by atoms with van der Waals surface area (Å²) >= 11 is 1.66. The molecule has 0 bridgehead atoms. The number of hydrogen-bond acceptors (Lipinski definition) is 3. The van der Waals surface area contributed by atoms with Gasteiger partial charge in [0, 0.05) is 16.5 Å². The summed E-state index contributed by atoms with van der Waals surface area (Å²) in [7, 11) is 0. The number of anilines is 1. The van der Waals surface area contributed by atoms with Crippen molar-refractivity contribution in [3.63, 3.8) is 0 Å². The van der Waals surface area contributed by atoms with E-state index in [0.717, 1.165) is 10.8 Å². The van der Waals surface area contributed by atoms with Gasteiger partial charge in [0.2, 0.25) is 0 Å². The number of nitrogens with zero attached hydrogens (tertiary/aromatic N) is 1. The number of nitrogens with one attached hydrogen (secondary N) is 1. The number of thiazole rings is 1. The Morgan fingerprint density at radius 1 is 0.950 bits per heavy atom. The van der Waals surface area contributed by atoms with Crippen molar-refractivity contribution in [3.05, 3.63) is 35.2 Å². The summed E-state index contributed by atoms with van der Waals surface area (Å²) in [5.41, 5.74) is 3.81. The molecule has 0 saturated heterocycles. The van der Waals surface area contributed by atoms with E-state index in [-0.39, 0.29) is 11.0 Å². The highest BCUT2D eigenvalue weighted by atomic mass is 32.1. The van der Waals surface area contributed by atoms with Gasteiger partial charge in [0.1, 0.15) is 0 Å². The molecule has 0 saturated carbocycles. The van der Waals surface area contributed by atoms with Gasteiger partial charge in [0.25, 0.3) is 0 Å². The largest absolute Gasteiger partial charge is 0.357 e. The van der Waals surface area contributed by atoms with Crippen molar-refractivity contribution in [2.24, 2.45) is 0 Å².